The van der Waals surface area contributed by atoms with Crippen molar-refractivity contribution in [3.8, 4) is 0 Å². The van der Waals surface area contributed by atoms with Gasteiger partial charge in [-0.2, -0.15) is 0 Å². The van der Waals surface area contributed by atoms with Gasteiger partial charge in [0.25, 0.3) is 0 Å². The van der Waals surface area contributed by atoms with Crippen LogP contribution in [0.15, 0.2) is 24.3 Å². The number of aryl methyl sites for hydroxylation is 1. The summed E-state index contributed by atoms with van der Waals surface area (Å²) >= 11 is 0. The summed E-state index contributed by atoms with van der Waals surface area (Å²) in [6.45, 7) is 10.5. The van der Waals surface area contributed by atoms with Crippen LogP contribution in [0.5, 0.6) is 0 Å². The number of carbonyl (C=O) groups excluding carboxylic acids is 2. The second-order valence-corrected chi connectivity index (χ2v) is 6.50. The molecule has 0 heterocycles. The molecule has 2 amide bonds. The molecule has 1 N–H and O–H groups in total. The van der Waals surface area contributed by atoms with Crippen molar-refractivity contribution in [2.45, 2.75) is 78.9 Å². The van der Waals surface area contributed by atoms with E-state index in [0.717, 1.165) is 24.0 Å². The highest BCUT2D eigenvalue weighted by molar-refractivity contribution is 5.87. The number of amides is 2. The topological polar surface area (TPSA) is 49.4 Å². The fourth-order valence-corrected chi connectivity index (χ4v) is 2.73. The molecule has 24 heavy (non-hydrogen) atoms. The van der Waals surface area contributed by atoms with Crippen LogP contribution in [0.3, 0.4) is 0 Å². The minimum absolute atomic E-state index is 0.0464. The lowest BCUT2D eigenvalue weighted by atomic mass is 10.1. The normalized spacial score (nSPS) is 13.2. The van der Waals surface area contributed by atoms with Gasteiger partial charge in [-0.05, 0) is 38.7 Å². The first-order valence-electron chi connectivity index (χ1n) is 9.08. The predicted molar refractivity (Wildman–Crippen MR) is 98.6 cm³/mol. The van der Waals surface area contributed by atoms with Gasteiger partial charge in [-0.3, -0.25) is 9.59 Å². The third-order valence-electron chi connectivity index (χ3n) is 4.29. The van der Waals surface area contributed by atoms with Gasteiger partial charge in [0.1, 0.15) is 6.04 Å². The van der Waals surface area contributed by atoms with Crippen LogP contribution in [0, 0.1) is 6.92 Å². The van der Waals surface area contributed by atoms with Gasteiger partial charge in [-0.1, -0.05) is 50.6 Å². The summed E-state index contributed by atoms with van der Waals surface area (Å²) in [6, 6.07) is 7.82. The van der Waals surface area contributed by atoms with E-state index >= 15 is 0 Å². The highest BCUT2D eigenvalue weighted by Gasteiger charge is 2.28. The molecule has 1 rings (SSSR count). The average molecular weight is 332 g/mol. The van der Waals surface area contributed by atoms with Crippen molar-refractivity contribution in [2.24, 2.45) is 0 Å². The Hall–Kier alpha value is -1.84. The van der Waals surface area contributed by atoms with Gasteiger partial charge in [0.15, 0.2) is 0 Å². The van der Waals surface area contributed by atoms with Gasteiger partial charge in [0, 0.05) is 19.0 Å². The second kappa shape index (κ2) is 10.1. The van der Waals surface area contributed by atoms with E-state index in [4.69, 9.17) is 0 Å². The number of nitrogens with one attached hydrogen (secondary N) is 1. The molecule has 0 saturated heterocycles. The van der Waals surface area contributed by atoms with Crippen LogP contribution in [0.1, 0.15) is 64.5 Å². The molecule has 134 valence electrons. The van der Waals surface area contributed by atoms with Crippen LogP contribution >= 0.6 is 0 Å². The van der Waals surface area contributed by atoms with Gasteiger partial charge in [0.05, 0.1) is 0 Å². The molecule has 0 bridgehead atoms. The highest BCUT2D eigenvalue weighted by atomic mass is 16.2. The van der Waals surface area contributed by atoms with Crippen LogP contribution in [-0.2, 0) is 16.1 Å². The van der Waals surface area contributed by atoms with Crippen LogP contribution in [-0.4, -0.2) is 28.8 Å². The lowest BCUT2D eigenvalue weighted by Crippen LogP contribution is -2.50. The summed E-state index contributed by atoms with van der Waals surface area (Å²) in [4.78, 5) is 27.0. The summed E-state index contributed by atoms with van der Waals surface area (Å²) in [5.41, 5.74) is 2.22. The van der Waals surface area contributed by atoms with Crippen molar-refractivity contribution < 1.29 is 9.59 Å². The molecule has 0 aliphatic heterocycles. The molecular weight excluding hydrogens is 300 g/mol. The van der Waals surface area contributed by atoms with E-state index < -0.39 is 6.04 Å². The number of benzene rings is 1. The van der Waals surface area contributed by atoms with E-state index in [1.165, 1.54) is 0 Å². The Balaban J connectivity index is 3.01. The summed E-state index contributed by atoms with van der Waals surface area (Å²) in [6.07, 6.45) is 2.75. The molecule has 0 saturated carbocycles. The number of carbonyl (C=O) groups is 2. The van der Waals surface area contributed by atoms with Gasteiger partial charge in [-0.25, -0.2) is 0 Å². The highest BCUT2D eigenvalue weighted by Crippen LogP contribution is 2.15. The Bertz CT molecular complexity index is 542. The number of rotatable bonds is 9. The standard InChI is InChI=1S/C20H32N2O2/c1-6-10-19(23)22(14-17-12-9-11-15(4)13-17)18(8-3)20(24)21-16(5)7-2/h9,11-13,16,18H,6-8,10,14H2,1-5H3,(H,21,24)/t16-,18+/m0/s1. The van der Waals surface area contributed by atoms with E-state index in [1.54, 1.807) is 4.90 Å². The fraction of sp³-hybridized carbons (Fsp3) is 0.600. The zero-order chi connectivity index (χ0) is 18.1. The Morgan fingerprint density at radius 2 is 1.88 bits per heavy atom. The zero-order valence-corrected chi connectivity index (χ0v) is 15.8. The maximum atomic E-state index is 12.6. The maximum Gasteiger partial charge on any atom is 0.243 e. The van der Waals surface area contributed by atoms with Crippen molar-refractivity contribution in [2.75, 3.05) is 0 Å². The summed E-state index contributed by atoms with van der Waals surface area (Å²) in [5.74, 6) is -0.00545. The van der Waals surface area contributed by atoms with Crippen molar-refractivity contribution >= 4 is 11.8 Å². The van der Waals surface area contributed by atoms with Crippen LogP contribution in [0.4, 0.5) is 0 Å². The molecule has 4 heteroatoms. The first-order valence-corrected chi connectivity index (χ1v) is 9.08. The molecule has 4 nitrogen and oxygen atoms in total. The Morgan fingerprint density at radius 1 is 1.17 bits per heavy atom. The first kappa shape index (κ1) is 20.2. The number of nitrogens with zero attached hydrogens (tertiary/aromatic N) is 1. The van der Waals surface area contributed by atoms with Gasteiger partial charge in [-0.15, -0.1) is 0 Å². The zero-order valence-electron chi connectivity index (χ0n) is 15.8. The lowest BCUT2D eigenvalue weighted by Gasteiger charge is -2.31. The van der Waals surface area contributed by atoms with E-state index in [1.807, 2.05) is 52.8 Å². The van der Waals surface area contributed by atoms with E-state index in [-0.39, 0.29) is 17.9 Å². The van der Waals surface area contributed by atoms with Crippen molar-refractivity contribution in [1.29, 1.82) is 0 Å². The van der Waals surface area contributed by atoms with Gasteiger partial charge < -0.3 is 10.2 Å². The molecule has 2 atom stereocenters. The number of hydrogen-bond acceptors (Lipinski definition) is 2. The molecule has 0 spiro atoms. The molecule has 1 aromatic carbocycles. The van der Waals surface area contributed by atoms with Gasteiger partial charge in [0.2, 0.25) is 11.8 Å². The van der Waals surface area contributed by atoms with Crippen molar-refractivity contribution in [1.82, 2.24) is 10.2 Å². The average Bonchev–Trinajstić information content (AvgIpc) is 2.54. The van der Waals surface area contributed by atoms with Crippen LogP contribution in [0.2, 0.25) is 0 Å². The van der Waals surface area contributed by atoms with Crippen LogP contribution < -0.4 is 5.32 Å². The van der Waals surface area contributed by atoms with Crippen LogP contribution in [0.25, 0.3) is 0 Å². The van der Waals surface area contributed by atoms with E-state index in [2.05, 4.69) is 11.4 Å². The molecule has 0 aliphatic carbocycles. The van der Waals surface area contributed by atoms with Gasteiger partial charge >= 0.3 is 0 Å². The monoisotopic (exact) mass is 332 g/mol. The van der Waals surface area contributed by atoms with Crippen molar-refractivity contribution in [3.63, 3.8) is 0 Å². The fourth-order valence-electron chi connectivity index (χ4n) is 2.73. The largest absolute Gasteiger partial charge is 0.352 e. The number of hydrogen-bond donors (Lipinski definition) is 1. The second-order valence-electron chi connectivity index (χ2n) is 6.50. The molecule has 0 radical (unpaired) electrons. The lowest BCUT2D eigenvalue weighted by molar-refractivity contribution is -0.141. The Labute approximate surface area is 146 Å². The SMILES string of the molecule is CCCC(=O)N(Cc1cccc(C)c1)[C@H](CC)C(=O)N[C@@H](C)CC. The summed E-state index contributed by atoms with van der Waals surface area (Å²) in [5, 5.41) is 3.02. The van der Waals surface area contributed by atoms with E-state index in [9.17, 15) is 9.59 Å². The smallest absolute Gasteiger partial charge is 0.243 e. The van der Waals surface area contributed by atoms with Crippen molar-refractivity contribution in [3.05, 3.63) is 35.4 Å². The maximum absolute atomic E-state index is 12.6. The molecular formula is C20H32N2O2. The molecule has 0 aromatic heterocycles. The molecule has 0 aliphatic rings. The Kier molecular flexibility index (Phi) is 8.51. The summed E-state index contributed by atoms with van der Waals surface area (Å²) < 4.78 is 0. The molecule has 0 unspecified atom stereocenters. The third-order valence-corrected chi connectivity index (χ3v) is 4.29. The third kappa shape index (κ3) is 5.99. The van der Waals surface area contributed by atoms with E-state index in [0.29, 0.717) is 19.4 Å². The molecule has 0 fully saturated rings. The first-order chi connectivity index (χ1) is 11.4. The summed E-state index contributed by atoms with van der Waals surface area (Å²) in [7, 11) is 0. The quantitative estimate of drug-likeness (QED) is 0.747. The minimum atomic E-state index is -0.418. The Morgan fingerprint density at radius 3 is 2.42 bits per heavy atom. The molecule has 1 aromatic rings. The minimum Gasteiger partial charge on any atom is -0.352 e. The predicted octanol–water partition coefficient (Wildman–Crippen LogP) is 3.82.